The van der Waals surface area contributed by atoms with Gasteiger partial charge in [-0.3, -0.25) is 24.0 Å². The molecule has 10 atom stereocenters. The Morgan fingerprint density at radius 3 is 2.16 bits per heavy atom. The fourth-order valence-electron chi connectivity index (χ4n) is 10.4. The first-order chi connectivity index (χ1) is 32.9. The number of H-pyrrole nitrogens is 1. The lowest BCUT2D eigenvalue weighted by Crippen LogP contribution is -2.65. The molecule has 1 saturated heterocycles. The molecule has 5 amide bonds. The molecule has 3 aliphatic carbocycles. The molecular weight excluding hydrogens is 877 g/mol. The van der Waals surface area contributed by atoms with E-state index in [4.69, 9.17) is 26.5 Å². The first-order valence-corrected chi connectivity index (χ1v) is 24.4. The van der Waals surface area contributed by atoms with Gasteiger partial charge in [-0.2, -0.15) is 0 Å². The molecular formula is C51H70BN9O8. The lowest BCUT2D eigenvalue weighted by atomic mass is 9.43. The summed E-state index contributed by atoms with van der Waals surface area (Å²) in [5, 5.41) is 24.8. The minimum atomic E-state index is -1.71. The van der Waals surface area contributed by atoms with Crippen LogP contribution in [-0.2, 0) is 41.3 Å². The number of carbonyl (C=O) groups is 5. The number of amides is 5. The largest absolute Gasteiger partial charge is 0.497 e. The fourth-order valence-corrected chi connectivity index (χ4v) is 10.4. The zero-order chi connectivity index (χ0) is 49.6. The average Bonchev–Trinajstić information content (AvgIpc) is 3.92. The van der Waals surface area contributed by atoms with Crippen molar-refractivity contribution in [3.05, 3.63) is 95.7 Å². The average molecular weight is 948 g/mol. The van der Waals surface area contributed by atoms with Crippen LogP contribution in [0.3, 0.4) is 0 Å². The molecule has 0 radical (unpaired) electrons. The van der Waals surface area contributed by atoms with E-state index in [1.807, 2.05) is 43.3 Å². The van der Waals surface area contributed by atoms with Gasteiger partial charge in [-0.15, -0.1) is 0 Å². The first kappa shape index (κ1) is 51.2. The highest BCUT2D eigenvalue weighted by atomic mass is 16.7. The molecule has 17 nitrogen and oxygen atoms in total. The Balaban J connectivity index is 0.988. The number of fused-ring (bicyclic) bond motifs is 1. The lowest BCUT2D eigenvalue weighted by molar-refractivity contribution is -0.199. The monoisotopic (exact) mass is 948 g/mol. The lowest BCUT2D eigenvalue weighted by Gasteiger charge is -2.64. The molecule has 3 aromatic carbocycles. The molecule has 4 aromatic rings. The molecule has 1 aliphatic heterocycles. The predicted octanol–water partition coefficient (Wildman–Crippen LogP) is 3.07. The number of aromatic nitrogens is 1. The molecule has 4 aliphatic rings. The Kier molecular flexibility index (Phi) is 16.3. The number of aliphatic hydroxyl groups is 1. The van der Waals surface area contributed by atoms with Crippen molar-refractivity contribution < 1.29 is 38.4 Å². The van der Waals surface area contributed by atoms with Gasteiger partial charge >= 0.3 is 7.12 Å². The summed E-state index contributed by atoms with van der Waals surface area (Å²) in [5.74, 6) is -3.00. The van der Waals surface area contributed by atoms with Gasteiger partial charge in [-0.25, -0.2) is 0 Å². The smallest absolute Gasteiger partial charge is 0.403 e. The van der Waals surface area contributed by atoms with Crippen LogP contribution in [0.15, 0.2) is 79.0 Å². The second kappa shape index (κ2) is 22.0. The summed E-state index contributed by atoms with van der Waals surface area (Å²) in [5.41, 5.74) is 23.0. The van der Waals surface area contributed by atoms with E-state index in [1.54, 1.807) is 18.3 Å². The van der Waals surface area contributed by atoms with Crippen molar-refractivity contribution in [3.63, 3.8) is 0 Å². The van der Waals surface area contributed by atoms with Crippen molar-refractivity contribution in [3.8, 4) is 11.1 Å². The molecule has 0 spiro atoms. The third-order valence-corrected chi connectivity index (χ3v) is 14.8. The summed E-state index contributed by atoms with van der Waals surface area (Å²) in [4.78, 5) is 72.2. The molecule has 69 heavy (non-hydrogen) atoms. The van der Waals surface area contributed by atoms with Crippen LogP contribution in [0.25, 0.3) is 22.0 Å². The normalized spacial score (nSPS) is 22.7. The number of unbranched alkanes of at least 4 members (excludes halogenated alkanes) is 2. The molecule has 370 valence electrons. The van der Waals surface area contributed by atoms with Crippen LogP contribution < -0.4 is 43.8 Å². The van der Waals surface area contributed by atoms with Crippen LogP contribution >= 0.6 is 0 Å². The predicted molar refractivity (Wildman–Crippen MR) is 265 cm³/mol. The number of hydrogen-bond donors (Lipinski definition) is 10. The van der Waals surface area contributed by atoms with Crippen molar-refractivity contribution >= 4 is 47.6 Å². The van der Waals surface area contributed by atoms with Crippen molar-refractivity contribution in [1.29, 1.82) is 0 Å². The summed E-state index contributed by atoms with van der Waals surface area (Å²) in [6.07, 6.45) is 4.79. The molecule has 1 aromatic heterocycles. The first-order valence-electron chi connectivity index (χ1n) is 24.4. The summed E-state index contributed by atoms with van der Waals surface area (Å²) in [6.45, 7) is 10.4. The number of aryl methyl sites for hydroxylation is 1. The molecule has 2 heterocycles. The zero-order valence-electron chi connectivity index (χ0n) is 40.4. The van der Waals surface area contributed by atoms with Gasteiger partial charge in [0.1, 0.15) is 24.2 Å². The summed E-state index contributed by atoms with van der Waals surface area (Å²) < 4.78 is 12.7. The summed E-state index contributed by atoms with van der Waals surface area (Å²) in [6, 6.07) is 17.9. The van der Waals surface area contributed by atoms with Gasteiger partial charge in [-0.05, 0) is 123 Å². The van der Waals surface area contributed by atoms with Gasteiger partial charge < -0.3 is 63.2 Å². The molecule has 2 unspecified atom stereocenters. The summed E-state index contributed by atoms with van der Waals surface area (Å²) >= 11 is 0. The quantitative estimate of drug-likeness (QED) is 0.0311. The van der Waals surface area contributed by atoms with E-state index in [1.165, 1.54) is 12.5 Å². The Morgan fingerprint density at radius 2 is 1.49 bits per heavy atom. The Labute approximate surface area is 404 Å². The second-order valence-corrected chi connectivity index (χ2v) is 19.9. The van der Waals surface area contributed by atoms with Crippen molar-refractivity contribution in [1.82, 2.24) is 31.6 Å². The van der Waals surface area contributed by atoms with Crippen LogP contribution in [0.5, 0.6) is 0 Å². The van der Waals surface area contributed by atoms with Crippen LogP contribution in [0, 0.1) is 17.3 Å². The highest BCUT2D eigenvalue weighted by molar-refractivity contribution is 6.47. The van der Waals surface area contributed by atoms with Crippen molar-refractivity contribution in [2.75, 3.05) is 6.54 Å². The minimum absolute atomic E-state index is 0.0233. The van der Waals surface area contributed by atoms with E-state index < -0.39 is 78.7 Å². The zero-order valence-corrected chi connectivity index (χ0v) is 40.4. The minimum Gasteiger partial charge on any atom is -0.403 e. The van der Waals surface area contributed by atoms with Gasteiger partial charge in [0.25, 0.3) is 11.8 Å². The summed E-state index contributed by atoms with van der Waals surface area (Å²) in [7, 11) is -0.903. The van der Waals surface area contributed by atoms with Gasteiger partial charge in [0.15, 0.2) is 6.17 Å². The number of carbonyl (C=O) groups excluding carboxylic acids is 5. The number of nitrogens with one attached hydrogen (secondary N) is 6. The Hall–Kier alpha value is -5.63. The molecule has 4 fully saturated rings. The number of aliphatic hydroxyl groups excluding tert-OH is 1. The van der Waals surface area contributed by atoms with Crippen molar-refractivity contribution in [2.45, 2.75) is 141 Å². The molecule has 8 rings (SSSR count). The third kappa shape index (κ3) is 11.5. The molecule has 3 saturated carbocycles. The Morgan fingerprint density at radius 1 is 0.812 bits per heavy atom. The third-order valence-electron chi connectivity index (χ3n) is 14.8. The maximum absolute atomic E-state index is 14.2. The second-order valence-electron chi connectivity index (χ2n) is 19.9. The number of nitrogens with two attached hydrogens (primary N) is 3. The number of benzene rings is 3. The van der Waals surface area contributed by atoms with Gasteiger partial charge in [0.2, 0.25) is 17.7 Å². The van der Waals surface area contributed by atoms with Gasteiger partial charge in [0, 0.05) is 29.1 Å². The Bertz CT molecular complexity index is 2450. The van der Waals surface area contributed by atoms with Gasteiger partial charge in [0.05, 0.1) is 17.8 Å². The molecule has 2 bridgehead atoms. The van der Waals surface area contributed by atoms with E-state index in [0.29, 0.717) is 30.9 Å². The maximum Gasteiger partial charge on any atom is 0.497 e. The van der Waals surface area contributed by atoms with E-state index >= 15 is 0 Å². The number of rotatable bonds is 22. The topological polar surface area (TPSA) is 278 Å². The van der Waals surface area contributed by atoms with Crippen LogP contribution in [0.4, 0.5) is 0 Å². The maximum atomic E-state index is 14.2. The van der Waals surface area contributed by atoms with Crippen molar-refractivity contribution in [2.24, 2.45) is 34.5 Å². The van der Waals surface area contributed by atoms with Crippen LogP contribution in [0.1, 0.15) is 101 Å². The van der Waals surface area contributed by atoms with E-state index in [9.17, 15) is 29.1 Å². The highest BCUT2D eigenvalue weighted by Crippen LogP contribution is 2.65. The van der Waals surface area contributed by atoms with Crippen LogP contribution in [-0.4, -0.2) is 101 Å². The van der Waals surface area contributed by atoms with Gasteiger partial charge in [-0.1, -0.05) is 81.8 Å². The fraction of sp³-hybridized carbons (Fsp3) is 0.510. The number of hydrogen-bond acceptors (Lipinski definition) is 11. The van der Waals surface area contributed by atoms with Crippen LogP contribution in [0.2, 0.25) is 0 Å². The molecule has 13 N–H and O–H groups in total. The molecule has 18 heteroatoms. The SMILES string of the molecule is CCCCc1ccc(-c2ccc(C(=O)N[C@@H](Cc3c[nH]c4ccccc34)C(=O)N[C@H](C(=O)N[C@@H](N)C(=O)N[C@@H](CCCCN)C(=O)N[C@@H](N)B3OC4C[C@@H]5C[C@@H](C5(C)C)[C@]4(C)O3)C(C)O)cc2)cc1. The highest BCUT2D eigenvalue weighted by Gasteiger charge is 2.68. The number of aromatic amines is 1. The van der Waals surface area contributed by atoms with E-state index in [0.717, 1.165) is 59.7 Å². The van der Waals surface area contributed by atoms with E-state index in [-0.39, 0.29) is 30.3 Å². The standard InChI is InChI=1S/C51H70BN9O8/c1-6-7-12-30-16-18-31(19-17-30)32-20-22-33(23-21-32)44(63)58-39(25-34-28-56-37-14-9-8-13-36(34)37)46(65)59-42(29(2)62)47(66)60-43(54)48(67)57-38(15-10-11-24-53)45(64)61-49(55)52-68-41-27-35-26-40(50(35,3)4)51(41,5)69-52/h8-9,13-14,16-23,28-29,35,38-43,49,56,62H,6-7,10-12,15,24-27,53-55H2,1-5H3,(H,57,67)(H,58,63)(H,59,65)(H,60,66)(H,61,64)/t29?,35-,38-,39-,40-,41?,42-,43+,49+,51-/m0/s1. The van der Waals surface area contributed by atoms with E-state index in [2.05, 4.69) is 76.6 Å². The number of para-hydroxylation sites is 1.